The second-order valence-corrected chi connectivity index (χ2v) is 3.16. The van der Waals surface area contributed by atoms with E-state index in [4.69, 9.17) is 10.3 Å². The van der Waals surface area contributed by atoms with Crippen molar-refractivity contribution in [3.63, 3.8) is 0 Å². The number of nitrogens with two attached hydrogens (primary N) is 1. The molecule has 0 aliphatic rings. The summed E-state index contributed by atoms with van der Waals surface area (Å²) in [5.41, 5.74) is 5.87. The largest absolute Gasteiger partial charge is 0.361 e. The molecule has 0 spiro atoms. The Morgan fingerprint density at radius 3 is 2.93 bits per heavy atom. The lowest BCUT2D eigenvalue weighted by Gasteiger charge is -2.15. The monoisotopic (exact) mass is 197 g/mol. The normalized spacial score (nSPS) is 10.2. The maximum atomic E-state index is 11.7. The van der Waals surface area contributed by atoms with Crippen LogP contribution in [-0.2, 0) is 0 Å². The number of nitrogens with zero attached hydrogens (tertiary/aromatic N) is 2. The number of carbonyl (C=O) groups is 1. The molecule has 0 aliphatic heterocycles. The van der Waals surface area contributed by atoms with Gasteiger partial charge in [-0.25, -0.2) is 0 Å². The first-order valence-corrected chi connectivity index (χ1v) is 4.53. The van der Waals surface area contributed by atoms with E-state index >= 15 is 0 Å². The summed E-state index contributed by atoms with van der Waals surface area (Å²) in [6.45, 7) is 2.96. The maximum absolute atomic E-state index is 11.7. The number of aryl methyl sites for hydroxylation is 1. The fraction of sp³-hybridized carbons (Fsp3) is 0.556. The summed E-state index contributed by atoms with van der Waals surface area (Å²) in [6.07, 6.45) is 2.24. The van der Waals surface area contributed by atoms with Crippen molar-refractivity contribution in [1.82, 2.24) is 10.1 Å². The highest BCUT2D eigenvalue weighted by Crippen LogP contribution is 2.08. The molecule has 0 bridgehead atoms. The molecule has 0 radical (unpaired) electrons. The minimum absolute atomic E-state index is 0.0720. The van der Waals surface area contributed by atoms with Crippen LogP contribution < -0.4 is 5.73 Å². The van der Waals surface area contributed by atoms with Gasteiger partial charge in [0, 0.05) is 13.6 Å². The van der Waals surface area contributed by atoms with Crippen LogP contribution in [0.3, 0.4) is 0 Å². The smallest absolute Gasteiger partial charge is 0.258 e. The van der Waals surface area contributed by atoms with Crippen molar-refractivity contribution >= 4 is 5.91 Å². The Bertz CT molecular complexity index is 309. The minimum Gasteiger partial charge on any atom is -0.361 e. The fourth-order valence-electron chi connectivity index (χ4n) is 1.14. The third-order valence-corrected chi connectivity index (χ3v) is 2.03. The van der Waals surface area contributed by atoms with E-state index in [0.717, 1.165) is 6.42 Å². The van der Waals surface area contributed by atoms with Crippen molar-refractivity contribution in [2.75, 3.05) is 20.1 Å². The molecule has 0 unspecified atom stereocenters. The zero-order valence-corrected chi connectivity index (χ0v) is 8.49. The number of aromatic nitrogens is 1. The SMILES string of the molecule is Cc1oncc1C(=O)N(C)CCCN. The quantitative estimate of drug-likeness (QED) is 0.758. The number of hydrogen-bond acceptors (Lipinski definition) is 4. The Morgan fingerprint density at radius 1 is 1.71 bits per heavy atom. The van der Waals surface area contributed by atoms with Gasteiger partial charge in [0.1, 0.15) is 11.3 Å². The van der Waals surface area contributed by atoms with Crippen LogP contribution in [0.5, 0.6) is 0 Å². The molecule has 0 aromatic carbocycles. The average molecular weight is 197 g/mol. The summed E-state index contributed by atoms with van der Waals surface area (Å²) in [5, 5.41) is 3.56. The van der Waals surface area contributed by atoms with Gasteiger partial charge < -0.3 is 15.2 Å². The molecule has 0 saturated heterocycles. The minimum atomic E-state index is -0.0720. The lowest BCUT2D eigenvalue weighted by atomic mass is 10.2. The van der Waals surface area contributed by atoms with Crippen LogP contribution in [0.15, 0.2) is 10.7 Å². The van der Waals surface area contributed by atoms with Crippen molar-refractivity contribution in [2.45, 2.75) is 13.3 Å². The molecule has 1 rings (SSSR count). The molecule has 5 heteroatoms. The molecular formula is C9H15N3O2. The van der Waals surface area contributed by atoms with Crippen LogP contribution in [0.4, 0.5) is 0 Å². The van der Waals surface area contributed by atoms with Crippen LogP contribution in [0.1, 0.15) is 22.5 Å². The van der Waals surface area contributed by atoms with Gasteiger partial charge in [0.2, 0.25) is 0 Å². The Hall–Kier alpha value is -1.36. The Balaban J connectivity index is 2.61. The molecular weight excluding hydrogens is 182 g/mol. The molecule has 0 aliphatic carbocycles. The van der Waals surface area contributed by atoms with Gasteiger partial charge in [-0.05, 0) is 19.9 Å². The topological polar surface area (TPSA) is 72.4 Å². The first kappa shape index (κ1) is 10.7. The average Bonchev–Trinajstić information content (AvgIpc) is 2.59. The van der Waals surface area contributed by atoms with Gasteiger partial charge in [0.25, 0.3) is 5.91 Å². The summed E-state index contributed by atoms with van der Waals surface area (Å²) < 4.78 is 4.82. The van der Waals surface area contributed by atoms with Crippen LogP contribution >= 0.6 is 0 Å². The van der Waals surface area contributed by atoms with E-state index in [1.807, 2.05) is 0 Å². The maximum Gasteiger partial charge on any atom is 0.258 e. The van der Waals surface area contributed by atoms with E-state index in [2.05, 4.69) is 5.16 Å². The zero-order chi connectivity index (χ0) is 10.6. The van der Waals surface area contributed by atoms with E-state index < -0.39 is 0 Å². The molecule has 5 nitrogen and oxygen atoms in total. The molecule has 0 saturated carbocycles. The first-order valence-electron chi connectivity index (χ1n) is 4.53. The number of rotatable bonds is 4. The molecule has 78 valence electrons. The van der Waals surface area contributed by atoms with Crippen molar-refractivity contribution in [2.24, 2.45) is 5.73 Å². The number of carbonyl (C=O) groups excluding carboxylic acids is 1. The molecule has 2 N–H and O–H groups in total. The molecule has 0 fully saturated rings. The van der Waals surface area contributed by atoms with Gasteiger partial charge in [-0.2, -0.15) is 0 Å². The zero-order valence-electron chi connectivity index (χ0n) is 8.49. The number of amides is 1. The van der Waals surface area contributed by atoms with E-state index in [1.54, 1.807) is 18.9 Å². The van der Waals surface area contributed by atoms with Gasteiger partial charge in [-0.3, -0.25) is 4.79 Å². The standard InChI is InChI=1S/C9H15N3O2/c1-7-8(6-11-14-7)9(13)12(2)5-3-4-10/h6H,3-5,10H2,1-2H3. The Kier molecular flexibility index (Phi) is 3.64. The van der Waals surface area contributed by atoms with Crippen molar-refractivity contribution in [3.8, 4) is 0 Å². The van der Waals surface area contributed by atoms with Gasteiger partial charge in [0.05, 0.1) is 6.20 Å². The molecule has 0 atom stereocenters. The predicted octanol–water partition coefficient (Wildman–Crippen LogP) is 0.404. The summed E-state index contributed by atoms with van der Waals surface area (Å²) in [4.78, 5) is 13.3. The molecule has 1 amide bonds. The second kappa shape index (κ2) is 4.76. The van der Waals surface area contributed by atoms with Crippen LogP contribution in [0, 0.1) is 6.92 Å². The van der Waals surface area contributed by atoms with E-state index in [-0.39, 0.29) is 5.91 Å². The molecule has 1 heterocycles. The van der Waals surface area contributed by atoms with E-state index in [1.165, 1.54) is 6.20 Å². The summed E-state index contributed by atoms with van der Waals surface area (Å²) >= 11 is 0. The van der Waals surface area contributed by atoms with Crippen LogP contribution in [0.25, 0.3) is 0 Å². The van der Waals surface area contributed by atoms with Crippen LogP contribution in [0.2, 0.25) is 0 Å². The van der Waals surface area contributed by atoms with E-state index in [9.17, 15) is 4.79 Å². The summed E-state index contributed by atoms with van der Waals surface area (Å²) in [7, 11) is 1.74. The molecule has 14 heavy (non-hydrogen) atoms. The molecule has 1 aromatic rings. The van der Waals surface area contributed by atoms with Gasteiger partial charge in [-0.15, -0.1) is 0 Å². The highest BCUT2D eigenvalue weighted by atomic mass is 16.5. The fourth-order valence-corrected chi connectivity index (χ4v) is 1.14. The van der Waals surface area contributed by atoms with Gasteiger partial charge >= 0.3 is 0 Å². The van der Waals surface area contributed by atoms with Gasteiger partial charge in [-0.1, -0.05) is 5.16 Å². The molecule has 1 aromatic heterocycles. The van der Waals surface area contributed by atoms with Crippen molar-refractivity contribution in [1.29, 1.82) is 0 Å². The third-order valence-electron chi connectivity index (χ3n) is 2.03. The van der Waals surface area contributed by atoms with Crippen molar-refractivity contribution < 1.29 is 9.32 Å². The van der Waals surface area contributed by atoms with E-state index in [0.29, 0.717) is 24.4 Å². The first-order chi connectivity index (χ1) is 6.66. The highest BCUT2D eigenvalue weighted by Gasteiger charge is 2.16. The highest BCUT2D eigenvalue weighted by molar-refractivity contribution is 5.94. The second-order valence-electron chi connectivity index (χ2n) is 3.16. The Morgan fingerprint density at radius 2 is 2.43 bits per heavy atom. The summed E-state index contributed by atoms with van der Waals surface area (Å²) in [5.74, 6) is 0.479. The van der Waals surface area contributed by atoms with Gasteiger partial charge in [0.15, 0.2) is 0 Å². The third kappa shape index (κ3) is 2.32. The lowest BCUT2D eigenvalue weighted by Crippen LogP contribution is -2.29. The predicted molar refractivity (Wildman–Crippen MR) is 51.9 cm³/mol. The van der Waals surface area contributed by atoms with Crippen molar-refractivity contribution in [3.05, 3.63) is 17.5 Å². The lowest BCUT2D eigenvalue weighted by molar-refractivity contribution is 0.0792. The van der Waals surface area contributed by atoms with Crippen LogP contribution in [-0.4, -0.2) is 36.1 Å². The Labute approximate surface area is 82.8 Å². The number of hydrogen-bond donors (Lipinski definition) is 1. The summed E-state index contributed by atoms with van der Waals surface area (Å²) in [6, 6.07) is 0.